The molecule has 14 heteroatoms. The number of nitrogens with zero attached hydrogens (tertiary/aromatic N) is 5. The molecule has 2 aromatic heterocycles. The summed E-state index contributed by atoms with van der Waals surface area (Å²) in [6.07, 6.45) is 5.53. The average Bonchev–Trinajstić information content (AvgIpc) is 2.92. The first-order valence-corrected chi connectivity index (χ1v) is 14.0. The summed E-state index contributed by atoms with van der Waals surface area (Å²) < 4.78 is 32.3. The number of aromatic nitrogens is 4. The van der Waals surface area contributed by atoms with Crippen LogP contribution in [0.4, 0.5) is 34.5 Å². The summed E-state index contributed by atoms with van der Waals surface area (Å²) in [6.45, 7) is 3.70. The van der Waals surface area contributed by atoms with Gasteiger partial charge in [0.05, 0.1) is 42.1 Å². The van der Waals surface area contributed by atoms with Crippen LogP contribution in [0.15, 0.2) is 48.9 Å². The molecule has 4 N–H and O–H groups in total. The minimum absolute atomic E-state index is 0.229. The Morgan fingerprint density at radius 2 is 1.79 bits per heavy atom. The summed E-state index contributed by atoms with van der Waals surface area (Å²) in [4.78, 5) is 19.6. The van der Waals surface area contributed by atoms with E-state index in [0.717, 1.165) is 38.1 Å². The van der Waals surface area contributed by atoms with E-state index < -0.39 is 10.0 Å². The first-order valence-electron chi connectivity index (χ1n) is 11.7. The van der Waals surface area contributed by atoms with Gasteiger partial charge in [0, 0.05) is 50.3 Å². The van der Waals surface area contributed by atoms with Crippen LogP contribution in [0.2, 0.25) is 5.02 Å². The first-order chi connectivity index (χ1) is 18.3. The number of hydrogen-bond acceptors (Lipinski definition) is 11. The average molecular weight is 556 g/mol. The zero-order chi connectivity index (χ0) is 26.7. The van der Waals surface area contributed by atoms with Crippen molar-refractivity contribution in [2.45, 2.75) is 0 Å². The predicted molar refractivity (Wildman–Crippen MR) is 150 cm³/mol. The Morgan fingerprint density at radius 1 is 1.03 bits per heavy atom. The van der Waals surface area contributed by atoms with Crippen LogP contribution in [0, 0.1) is 0 Å². The van der Waals surface area contributed by atoms with Crippen LogP contribution in [-0.2, 0) is 10.0 Å². The molecule has 5 rings (SSSR count). The topological polar surface area (TPSA) is 146 Å². The Hall–Kier alpha value is -3.94. The Bertz CT molecular complexity index is 1580. The third-order valence-corrected chi connectivity index (χ3v) is 6.69. The summed E-state index contributed by atoms with van der Waals surface area (Å²) in [5.41, 5.74) is 3.27. The van der Waals surface area contributed by atoms with Crippen molar-refractivity contribution < 1.29 is 13.2 Å². The number of nitrogens with one attached hydrogen (secondary N) is 4. The van der Waals surface area contributed by atoms with Crippen molar-refractivity contribution in [2.75, 3.05) is 59.8 Å². The van der Waals surface area contributed by atoms with Gasteiger partial charge in [0.1, 0.15) is 16.3 Å². The van der Waals surface area contributed by atoms with Gasteiger partial charge in [-0.25, -0.2) is 13.4 Å². The van der Waals surface area contributed by atoms with Gasteiger partial charge in [0.25, 0.3) is 0 Å². The largest absolute Gasteiger partial charge is 0.494 e. The molecule has 0 aliphatic carbocycles. The van der Waals surface area contributed by atoms with Crippen LogP contribution in [0.25, 0.3) is 11.0 Å². The number of sulfonamides is 1. The SMILES string of the molecule is COc1cc(N2CCNCC2)ccc1Nc1ncc(Cl)c(Nc2ccc3nccnc3c2NS(C)(=O)=O)n1. The monoisotopic (exact) mass is 555 g/mol. The number of fused-ring (bicyclic) bond motifs is 1. The van der Waals surface area contributed by atoms with E-state index in [2.05, 4.69) is 45.5 Å². The lowest BCUT2D eigenvalue weighted by molar-refractivity contribution is 0.416. The van der Waals surface area contributed by atoms with E-state index in [1.165, 1.54) is 18.6 Å². The standard InChI is InChI=1S/C24H26ClN9O3S/c1-37-20-13-15(34-11-9-26-10-12-34)3-4-17(20)31-24-29-14-16(25)23(32-24)30-19-6-5-18-21(28-8-7-27-18)22(19)33-38(2,35)36/h3-8,13-14,26,33H,9-12H2,1-2H3,(H2,29,30,31,32). The van der Waals surface area contributed by atoms with Gasteiger partial charge >= 0.3 is 0 Å². The van der Waals surface area contributed by atoms with E-state index >= 15 is 0 Å². The number of methoxy groups -OCH3 is 1. The summed E-state index contributed by atoms with van der Waals surface area (Å²) in [5.74, 6) is 1.17. The zero-order valence-corrected chi connectivity index (χ0v) is 22.3. The number of hydrogen-bond donors (Lipinski definition) is 4. The molecule has 0 bridgehead atoms. The minimum Gasteiger partial charge on any atom is -0.494 e. The van der Waals surface area contributed by atoms with Gasteiger partial charge in [-0.1, -0.05) is 11.6 Å². The fourth-order valence-corrected chi connectivity index (χ4v) is 4.81. The minimum atomic E-state index is -3.62. The van der Waals surface area contributed by atoms with Crippen molar-refractivity contribution in [1.82, 2.24) is 25.3 Å². The predicted octanol–water partition coefficient (Wildman–Crippen LogP) is 3.35. The maximum Gasteiger partial charge on any atom is 0.229 e. The van der Waals surface area contributed by atoms with Crippen LogP contribution >= 0.6 is 11.6 Å². The normalized spacial score (nSPS) is 13.8. The van der Waals surface area contributed by atoms with E-state index in [1.54, 1.807) is 19.2 Å². The molecule has 0 amide bonds. The molecule has 4 aromatic rings. The van der Waals surface area contributed by atoms with Crippen molar-refractivity contribution in [3.05, 3.63) is 53.9 Å². The van der Waals surface area contributed by atoms with E-state index in [-0.39, 0.29) is 22.5 Å². The molecule has 0 saturated carbocycles. The van der Waals surface area contributed by atoms with Gasteiger partial charge in [0.2, 0.25) is 16.0 Å². The molecule has 0 atom stereocenters. The zero-order valence-electron chi connectivity index (χ0n) is 20.7. The summed E-state index contributed by atoms with van der Waals surface area (Å²) in [6, 6.07) is 9.30. The number of benzene rings is 2. The van der Waals surface area contributed by atoms with E-state index in [4.69, 9.17) is 16.3 Å². The molecule has 1 aliphatic heterocycles. The number of rotatable bonds is 8. The highest BCUT2D eigenvalue weighted by Gasteiger charge is 2.17. The molecule has 0 radical (unpaired) electrons. The lowest BCUT2D eigenvalue weighted by Crippen LogP contribution is -2.43. The van der Waals surface area contributed by atoms with Gasteiger partial charge in [0.15, 0.2) is 5.82 Å². The van der Waals surface area contributed by atoms with E-state index in [9.17, 15) is 8.42 Å². The Kier molecular flexibility index (Phi) is 7.31. The molecular weight excluding hydrogens is 530 g/mol. The molecule has 3 heterocycles. The Labute approximate surface area is 224 Å². The van der Waals surface area contributed by atoms with Crippen molar-refractivity contribution in [3.63, 3.8) is 0 Å². The molecular formula is C24H26ClN9O3S. The van der Waals surface area contributed by atoms with E-state index in [0.29, 0.717) is 28.2 Å². The second kappa shape index (κ2) is 10.8. The summed E-state index contributed by atoms with van der Waals surface area (Å²) >= 11 is 6.40. The van der Waals surface area contributed by atoms with Gasteiger partial charge in [-0.2, -0.15) is 4.98 Å². The van der Waals surface area contributed by atoms with Crippen molar-refractivity contribution >= 4 is 67.2 Å². The first kappa shape index (κ1) is 25.7. The van der Waals surface area contributed by atoms with Crippen LogP contribution < -0.4 is 30.3 Å². The summed E-state index contributed by atoms with van der Waals surface area (Å²) in [5, 5.41) is 9.87. The maximum atomic E-state index is 12.1. The maximum absolute atomic E-state index is 12.1. The third-order valence-electron chi connectivity index (χ3n) is 5.84. The van der Waals surface area contributed by atoms with Crippen LogP contribution in [-0.4, -0.2) is 67.9 Å². The molecule has 1 aliphatic rings. The van der Waals surface area contributed by atoms with Gasteiger partial charge in [-0.3, -0.25) is 14.7 Å². The van der Waals surface area contributed by atoms with Crippen LogP contribution in [0.5, 0.6) is 5.75 Å². The lowest BCUT2D eigenvalue weighted by atomic mass is 10.2. The molecule has 198 valence electrons. The molecule has 2 aromatic carbocycles. The third kappa shape index (κ3) is 5.79. The van der Waals surface area contributed by atoms with Gasteiger partial charge in [-0.15, -0.1) is 0 Å². The second-order valence-corrected chi connectivity index (χ2v) is 10.7. The number of ether oxygens (including phenoxy) is 1. The highest BCUT2D eigenvalue weighted by Crippen LogP contribution is 2.35. The highest BCUT2D eigenvalue weighted by molar-refractivity contribution is 7.92. The van der Waals surface area contributed by atoms with Crippen LogP contribution in [0.1, 0.15) is 0 Å². The number of anilines is 6. The fraction of sp³-hybridized carbons (Fsp3) is 0.250. The smallest absolute Gasteiger partial charge is 0.229 e. The Morgan fingerprint density at radius 3 is 2.55 bits per heavy atom. The van der Waals surface area contributed by atoms with Gasteiger partial charge < -0.3 is 25.6 Å². The second-order valence-electron chi connectivity index (χ2n) is 8.55. The van der Waals surface area contributed by atoms with Crippen molar-refractivity contribution in [2.24, 2.45) is 0 Å². The van der Waals surface area contributed by atoms with Crippen LogP contribution in [0.3, 0.4) is 0 Å². The Balaban J connectivity index is 1.44. The molecule has 0 spiro atoms. The highest BCUT2D eigenvalue weighted by atomic mass is 35.5. The quantitative estimate of drug-likeness (QED) is 0.254. The van der Waals surface area contributed by atoms with Crippen molar-refractivity contribution in [1.29, 1.82) is 0 Å². The molecule has 1 fully saturated rings. The van der Waals surface area contributed by atoms with Crippen molar-refractivity contribution in [3.8, 4) is 5.75 Å². The molecule has 1 saturated heterocycles. The van der Waals surface area contributed by atoms with Gasteiger partial charge in [-0.05, 0) is 24.3 Å². The lowest BCUT2D eigenvalue weighted by Gasteiger charge is -2.30. The molecule has 12 nitrogen and oxygen atoms in total. The fourth-order valence-electron chi connectivity index (χ4n) is 4.10. The number of piperazine rings is 1. The van der Waals surface area contributed by atoms with E-state index in [1.807, 2.05) is 18.2 Å². The molecule has 38 heavy (non-hydrogen) atoms. The summed E-state index contributed by atoms with van der Waals surface area (Å²) in [7, 11) is -2.01. The number of halogens is 1. The molecule has 0 unspecified atom stereocenters.